The summed E-state index contributed by atoms with van der Waals surface area (Å²) in [7, 11) is -10.0. The van der Waals surface area contributed by atoms with Gasteiger partial charge in [0.25, 0.3) is 5.91 Å². The zero-order valence-electron chi connectivity index (χ0n) is 27.9. The van der Waals surface area contributed by atoms with Crippen LogP contribution >= 0.6 is 15.2 Å². The van der Waals surface area contributed by atoms with Crippen molar-refractivity contribution in [1.82, 2.24) is 29.7 Å². The average molecular weight is 786 g/mol. The van der Waals surface area contributed by atoms with Gasteiger partial charge >= 0.3 is 21.2 Å². The molecule has 4 aliphatic rings. The number of hydrogen-bond acceptors (Lipinski definition) is 18. The number of ether oxygens (including phenoxy) is 1. The Hall–Kier alpha value is -3.83. The summed E-state index contributed by atoms with van der Waals surface area (Å²) in [5, 5.41) is 55.3. The summed E-state index contributed by atoms with van der Waals surface area (Å²) in [5.74, 6) is -2.42. The predicted octanol–water partition coefficient (Wildman–Crippen LogP) is -2.48. The van der Waals surface area contributed by atoms with Gasteiger partial charge in [0.2, 0.25) is 0 Å². The monoisotopic (exact) mass is 785 g/mol. The van der Waals surface area contributed by atoms with Crippen molar-refractivity contribution in [3.63, 3.8) is 0 Å². The molecule has 3 aliphatic heterocycles. The smallest absolute Gasteiger partial charge is 0.349 e. The quantitative estimate of drug-likeness (QED) is 0.0949. The molecule has 0 bridgehead atoms. The highest BCUT2D eigenvalue weighted by molar-refractivity contribution is 7.70. The molecule has 0 radical (unpaired) electrons. The lowest BCUT2D eigenvalue weighted by atomic mass is 9.89. The molecule has 1 saturated heterocycles. The molecule has 6 rings (SSSR count). The van der Waals surface area contributed by atoms with E-state index >= 15 is 0 Å². The maximum absolute atomic E-state index is 12.8. The van der Waals surface area contributed by atoms with Crippen LogP contribution in [0, 0.1) is 0 Å². The Bertz CT molecular complexity index is 2020. The van der Waals surface area contributed by atoms with E-state index < -0.39 is 108 Å². The average Bonchev–Trinajstić information content (AvgIpc) is 3.63. The summed E-state index contributed by atoms with van der Waals surface area (Å²) in [6.45, 7) is 1.24. The van der Waals surface area contributed by atoms with E-state index in [9.17, 15) is 54.0 Å². The lowest BCUT2D eigenvalue weighted by molar-refractivity contribution is -0.113. The molecule has 10 N–H and O–H groups in total. The first kappa shape index (κ1) is 38.9. The number of nitrogens with one attached hydrogen (secondary N) is 1. The number of allylic oxidation sites excluding steroid dienone is 2. The number of imidazole rings is 1. The van der Waals surface area contributed by atoms with E-state index in [1.165, 1.54) is 15.8 Å². The first-order chi connectivity index (χ1) is 24.9. The zero-order valence-corrected chi connectivity index (χ0v) is 29.7. The second-order valence-corrected chi connectivity index (χ2v) is 17.0. The van der Waals surface area contributed by atoms with E-state index in [2.05, 4.69) is 24.9 Å². The fraction of sp³-hybridized carbons (Fsp3) is 0.536. The van der Waals surface area contributed by atoms with E-state index in [0.29, 0.717) is 0 Å². The Morgan fingerprint density at radius 2 is 1.70 bits per heavy atom. The van der Waals surface area contributed by atoms with Crippen molar-refractivity contribution in [2.75, 3.05) is 31.4 Å². The number of fused-ring (bicyclic) bond motifs is 3. The number of nitrogens with two attached hydrogens (primary N) is 1. The zero-order chi connectivity index (χ0) is 38.6. The molecule has 0 spiro atoms. The van der Waals surface area contributed by atoms with Gasteiger partial charge in [-0.05, 0) is 13.8 Å². The molecule has 25 heteroatoms. The Kier molecular flexibility index (Phi) is 10.8. The van der Waals surface area contributed by atoms with Crippen LogP contribution in [0.4, 0.5) is 10.6 Å². The second kappa shape index (κ2) is 14.8. The lowest BCUT2D eigenvalue weighted by Gasteiger charge is -2.43. The summed E-state index contributed by atoms with van der Waals surface area (Å²) in [6.07, 6.45) is -5.84. The number of aliphatic imine (C=N–C) groups is 2. The SMILES string of the molecule is CC1=CC2N=C3C(=O)NC(=O)N=C3N(CC(O)C(O)C(O)COP(=O)(O)CP(=O)(O)OC[C@H]3O[C@@H](n4cnc5c(N)ncnc54)C(O)C3O)C2C=C1C. The number of aliphatic hydroxyl groups excluding tert-OH is 5. The molecule has 53 heavy (non-hydrogen) atoms. The normalized spacial score (nSPS) is 29.8. The van der Waals surface area contributed by atoms with E-state index in [1.807, 2.05) is 19.2 Å². The van der Waals surface area contributed by atoms with Crippen molar-refractivity contribution < 1.29 is 67.8 Å². The van der Waals surface area contributed by atoms with Crippen LogP contribution in [0.1, 0.15) is 20.1 Å². The van der Waals surface area contributed by atoms with Crippen LogP contribution in [0.5, 0.6) is 0 Å². The van der Waals surface area contributed by atoms with Crippen LogP contribution in [-0.4, -0.2) is 158 Å². The molecule has 11 atom stereocenters. The molecule has 1 fully saturated rings. The Balaban J connectivity index is 1.04. The second-order valence-electron chi connectivity index (χ2n) is 12.8. The minimum absolute atomic E-state index is 0.0474. The number of nitrogens with zero attached hydrogens (tertiary/aromatic N) is 7. The van der Waals surface area contributed by atoms with Gasteiger partial charge in [-0.25, -0.2) is 19.7 Å². The van der Waals surface area contributed by atoms with Crippen molar-refractivity contribution in [3.8, 4) is 0 Å². The van der Waals surface area contributed by atoms with Crippen molar-refractivity contribution in [2.24, 2.45) is 9.98 Å². The fourth-order valence-corrected chi connectivity index (χ4v) is 9.34. The number of imide groups is 1. The molecule has 9 unspecified atom stereocenters. The van der Waals surface area contributed by atoms with Crippen LogP contribution in [-0.2, 0) is 27.7 Å². The first-order valence-corrected chi connectivity index (χ1v) is 19.5. The highest BCUT2D eigenvalue weighted by Crippen LogP contribution is 2.58. The van der Waals surface area contributed by atoms with Crippen LogP contribution < -0.4 is 11.1 Å². The Morgan fingerprint density at radius 1 is 1.00 bits per heavy atom. The molecular weight excluding hydrogens is 748 g/mol. The van der Waals surface area contributed by atoms with Gasteiger partial charge in [-0.15, -0.1) is 0 Å². The number of carbonyl (C=O) groups excluding carboxylic acids is 2. The lowest BCUT2D eigenvalue weighted by Crippen LogP contribution is -2.61. The number of anilines is 1. The van der Waals surface area contributed by atoms with Gasteiger partial charge < -0.3 is 59.7 Å². The number of rotatable bonds is 13. The molecular formula is C28H37N9O14P2. The summed E-state index contributed by atoms with van der Waals surface area (Å²) >= 11 is 0. The summed E-state index contributed by atoms with van der Waals surface area (Å²) in [4.78, 5) is 66.8. The van der Waals surface area contributed by atoms with E-state index in [0.717, 1.165) is 17.5 Å². The van der Waals surface area contributed by atoms with Crippen LogP contribution in [0.15, 0.2) is 45.9 Å². The topological polar surface area (TPSA) is 347 Å². The molecule has 288 valence electrons. The number of amidine groups is 1. The number of β-amino-alcohol motifs (C(OH)–C–C–N with tert-alkyl or cyclic N) is 1. The number of urea groups is 1. The third-order valence-corrected chi connectivity index (χ3v) is 13.0. The number of aliphatic hydroxyl groups is 5. The highest BCUT2D eigenvalue weighted by Gasteiger charge is 2.47. The fourth-order valence-electron chi connectivity index (χ4n) is 6.12. The van der Waals surface area contributed by atoms with Gasteiger partial charge in [0.05, 0.1) is 31.6 Å². The van der Waals surface area contributed by atoms with Gasteiger partial charge in [-0.1, -0.05) is 23.3 Å². The molecule has 2 aromatic rings. The number of aromatic nitrogens is 4. The standard InChI is InChI=1S/C28H37N9O14P2/c1-11-3-13-14(4-12(11)2)36(25-19(33-13)26(43)35-28(44)34-25)5-15(38)20(40)16(39)6-49-52(45,46)10-53(47,48)50-7-17-21(41)22(42)27(51-17)37-9-32-18-23(29)30-8-31-24(18)37/h3-4,8-9,13-17,20-22,27,38-42H,5-7,10H2,1-2H3,(H,45,46)(H,47,48)(H2,29,30,31)(H,35,43,44)/t13?,14?,15?,16?,17-,20?,21?,22?,27-/m1/s1. The van der Waals surface area contributed by atoms with Gasteiger partial charge in [0.15, 0.2) is 35.1 Å². The predicted molar refractivity (Wildman–Crippen MR) is 180 cm³/mol. The Labute approximate surface area is 299 Å². The van der Waals surface area contributed by atoms with Crippen molar-refractivity contribution >= 4 is 55.7 Å². The molecule has 23 nitrogen and oxygen atoms in total. The summed E-state index contributed by atoms with van der Waals surface area (Å²) < 4.78 is 42.1. The molecule has 2 aromatic heterocycles. The van der Waals surface area contributed by atoms with E-state index in [4.69, 9.17) is 19.5 Å². The summed E-state index contributed by atoms with van der Waals surface area (Å²) in [5.41, 5.74) is 7.67. The van der Waals surface area contributed by atoms with Crippen molar-refractivity contribution in [3.05, 3.63) is 36.0 Å². The summed E-state index contributed by atoms with van der Waals surface area (Å²) in [6, 6.07) is -2.24. The number of hydrogen-bond donors (Lipinski definition) is 9. The van der Waals surface area contributed by atoms with Crippen molar-refractivity contribution in [1.29, 1.82) is 0 Å². The first-order valence-electron chi connectivity index (χ1n) is 15.9. The van der Waals surface area contributed by atoms with Gasteiger partial charge in [0.1, 0.15) is 48.5 Å². The maximum atomic E-state index is 12.8. The van der Waals surface area contributed by atoms with E-state index in [1.54, 1.807) is 12.2 Å². The molecule has 0 saturated carbocycles. The van der Waals surface area contributed by atoms with Gasteiger partial charge in [-0.3, -0.25) is 28.8 Å². The Morgan fingerprint density at radius 3 is 2.43 bits per heavy atom. The third-order valence-electron chi connectivity index (χ3n) is 8.99. The third kappa shape index (κ3) is 8.02. The largest absolute Gasteiger partial charge is 0.388 e. The van der Waals surface area contributed by atoms with Crippen LogP contribution in [0.25, 0.3) is 11.2 Å². The molecule has 1 aliphatic carbocycles. The number of carbonyl (C=O) groups is 2. The number of nitrogen functional groups attached to an aromatic ring is 1. The molecule has 5 heterocycles. The van der Waals surface area contributed by atoms with Crippen LogP contribution in [0.3, 0.4) is 0 Å². The van der Waals surface area contributed by atoms with E-state index in [-0.39, 0.29) is 28.5 Å². The highest BCUT2D eigenvalue weighted by atomic mass is 31.2. The van der Waals surface area contributed by atoms with Gasteiger partial charge in [0, 0.05) is 6.54 Å². The van der Waals surface area contributed by atoms with Crippen LogP contribution in [0.2, 0.25) is 0 Å². The maximum Gasteiger partial charge on any atom is 0.349 e. The molecule has 3 amide bonds. The van der Waals surface area contributed by atoms with Gasteiger partial charge in [-0.2, -0.15) is 4.99 Å². The minimum atomic E-state index is -5.03. The minimum Gasteiger partial charge on any atom is -0.388 e. The molecule has 0 aromatic carbocycles. The number of amides is 3. The van der Waals surface area contributed by atoms with Crippen molar-refractivity contribution in [2.45, 2.75) is 68.8 Å².